The number of carbonyl (C=O) groups is 2. The molecule has 0 aliphatic carbocycles. The van der Waals surface area contributed by atoms with Crippen LogP contribution in [0.4, 0.5) is 0 Å². The number of hydrogen-bond donors (Lipinski definition) is 2. The van der Waals surface area contributed by atoms with Crippen molar-refractivity contribution in [3.63, 3.8) is 0 Å². The summed E-state index contributed by atoms with van der Waals surface area (Å²) >= 11 is 6.31. The van der Waals surface area contributed by atoms with Crippen LogP contribution in [0.1, 0.15) is 17.4 Å². The van der Waals surface area contributed by atoms with Crippen molar-refractivity contribution in [1.82, 2.24) is 10.3 Å². The zero-order valence-corrected chi connectivity index (χ0v) is 13.6. The van der Waals surface area contributed by atoms with E-state index in [-0.39, 0.29) is 12.5 Å². The molecule has 0 aliphatic heterocycles. The van der Waals surface area contributed by atoms with Gasteiger partial charge in [0.25, 0.3) is 5.91 Å². The van der Waals surface area contributed by atoms with Gasteiger partial charge in [-0.3, -0.25) is 9.59 Å². The van der Waals surface area contributed by atoms with Crippen LogP contribution in [0, 0.1) is 5.92 Å². The normalized spacial score (nSPS) is 12.1. The van der Waals surface area contributed by atoms with Gasteiger partial charge < -0.3 is 10.4 Å². The van der Waals surface area contributed by atoms with Gasteiger partial charge in [0, 0.05) is 11.9 Å². The van der Waals surface area contributed by atoms with E-state index in [1.54, 1.807) is 16.7 Å². The smallest absolute Gasteiger partial charge is 0.308 e. The molecule has 2 heterocycles. The number of carbonyl (C=O) groups excluding carboxylic acids is 1. The lowest BCUT2D eigenvalue weighted by molar-refractivity contribution is -0.140. The average Bonchev–Trinajstić information content (AvgIpc) is 3.03. The summed E-state index contributed by atoms with van der Waals surface area (Å²) in [5.74, 6) is -1.91. The highest BCUT2D eigenvalue weighted by molar-refractivity contribution is 9.11. The van der Waals surface area contributed by atoms with E-state index < -0.39 is 11.9 Å². The fourth-order valence-electron chi connectivity index (χ4n) is 1.34. The molecule has 0 bridgehead atoms. The molecule has 2 aromatic heterocycles. The number of aromatic nitrogens is 1. The molecule has 0 saturated heterocycles. The third-order valence-corrected chi connectivity index (χ3v) is 5.15. The Hall–Kier alpha value is -1.25. The summed E-state index contributed by atoms with van der Waals surface area (Å²) in [6, 6.07) is 3.86. The summed E-state index contributed by atoms with van der Waals surface area (Å²) in [7, 11) is 0. The molecule has 1 unspecified atom stereocenters. The zero-order valence-electron chi connectivity index (χ0n) is 10.4. The maximum absolute atomic E-state index is 11.9. The lowest BCUT2D eigenvalue weighted by Crippen LogP contribution is -2.31. The predicted molar refractivity (Wildman–Crippen MR) is 82.3 cm³/mol. The fraction of sp³-hybridized carbons (Fsp3) is 0.250. The van der Waals surface area contributed by atoms with E-state index >= 15 is 0 Å². The van der Waals surface area contributed by atoms with Gasteiger partial charge in [0.05, 0.1) is 14.6 Å². The SMILES string of the molecule is CC(CNC(=O)c1csc(-c2ccc(Br)s2)n1)C(=O)O. The van der Waals surface area contributed by atoms with E-state index in [2.05, 4.69) is 26.2 Å². The summed E-state index contributed by atoms with van der Waals surface area (Å²) in [6.45, 7) is 1.63. The van der Waals surface area contributed by atoms with E-state index in [9.17, 15) is 9.59 Å². The molecule has 0 aliphatic rings. The molecule has 0 radical (unpaired) electrons. The number of aliphatic carboxylic acids is 1. The van der Waals surface area contributed by atoms with Crippen LogP contribution in [-0.2, 0) is 4.79 Å². The number of carboxylic acid groups (broad SMARTS) is 1. The van der Waals surface area contributed by atoms with Crippen molar-refractivity contribution >= 4 is 50.5 Å². The van der Waals surface area contributed by atoms with E-state index in [0.29, 0.717) is 5.69 Å². The summed E-state index contributed by atoms with van der Waals surface area (Å²) in [6.07, 6.45) is 0. The molecule has 5 nitrogen and oxygen atoms in total. The third-order valence-electron chi connectivity index (χ3n) is 2.51. The molecule has 2 aromatic rings. The average molecular weight is 375 g/mol. The first-order valence-corrected chi connectivity index (χ1v) is 8.18. The Bertz CT molecular complexity index is 638. The Balaban J connectivity index is 2.01. The number of nitrogens with zero attached hydrogens (tertiary/aromatic N) is 1. The second kappa shape index (κ2) is 6.47. The molecule has 20 heavy (non-hydrogen) atoms. The third kappa shape index (κ3) is 3.65. The highest BCUT2D eigenvalue weighted by Gasteiger charge is 2.16. The fourth-order valence-corrected chi connectivity index (χ4v) is 3.60. The number of thiazole rings is 1. The van der Waals surface area contributed by atoms with E-state index in [0.717, 1.165) is 13.7 Å². The Morgan fingerprint density at radius 3 is 2.85 bits per heavy atom. The van der Waals surface area contributed by atoms with E-state index in [1.807, 2.05) is 12.1 Å². The van der Waals surface area contributed by atoms with Gasteiger partial charge in [-0.1, -0.05) is 6.92 Å². The number of carboxylic acids is 1. The minimum atomic E-state index is -0.937. The van der Waals surface area contributed by atoms with Crippen molar-refractivity contribution in [2.75, 3.05) is 6.54 Å². The van der Waals surface area contributed by atoms with Gasteiger partial charge in [0.2, 0.25) is 0 Å². The molecule has 8 heteroatoms. The van der Waals surface area contributed by atoms with Gasteiger partial charge in [0.1, 0.15) is 10.7 Å². The number of nitrogens with one attached hydrogen (secondary N) is 1. The number of hydrogen-bond acceptors (Lipinski definition) is 5. The van der Waals surface area contributed by atoms with E-state index in [4.69, 9.17) is 5.11 Å². The van der Waals surface area contributed by atoms with Crippen LogP contribution in [0.3, 0.4) is 0 Å². The Morgan fingerprint density at radius 2 is 2.25 bits per heavy atom. The van der Waals surface area contributed by atoms with Crippen LogP contribution < -0.4 is 5.32 Å². The predicted octanol–water partition coefficient (Wildman–Crippen LogP) is 3.08. The second-order valence-corrected chi connectivity index (χ2v) is 7.41. The Labute approximate surface area is 131 Å². The van der Waals surface area contributed by atoms with Crippen molar-refractivity contribution in [3.8, 4) is 9.88 Å². The zero-order chi connectivity index (χ0) is 14.7. The molecule has 0 saturated carbocycles. The number of amides is 1. The molecule has 0 aromatic carbocycles. The minimum Gasteiger partial charge on any atom is -0.481 e. The largest absolute Gasteiger partial charge is 0.481 e. The van der Waals surface area contributed by atoms with Gasteiger partial charge in [0.15, 0.2) is 0 Å². The number of thiophene rings is 1. The monoisotopic (exact) mass is 374 g/mol. The first-order valence-electron chi connectivity index (χ1n) is 5.69. The van der Waals surface area contributed by atoms with Crippen LogP contribution in [0.5, 0.6) is 0 Å². The summed E-state index contributed by atoms with van der Waals surface area (Å²) in [5.41, 5.74) is 0.312. The van der Waals surface area contributed by atoms with Crippen LogP contribution >= 0.6 is 38.6 Å². The quantitative estimate of drug-likeness (QED) is 0.842. The highest BCUT2D eigenvalue weighted by Crippen LogP contribution is 2.33. The Morgan fingerprint density at radius 1 is 1.50 bits per heavy atom. The van der Waals surface area contributed by atoms with Gasteiger partial charge >= 0.3 is 5.97 Å². The Kier molecular flexibility index (Phi) is 4.90. The number of rotatable bonds is 5. The summed E-state index contributed by atoms with van der Waals surface area (Å²) < 4.78 is 1.00. The first-order chi connectivity index (χ1) is 9.47. The number of halogens is 1. The van der Waals surface area contributed by atoms with Crippen molar-refractivity contribution in [3.05, 3.63) is 27.0 Å². The van der Waals surface area contributed by atoms with Crippen molar-refractivity contribution < 1.29 is 14.7 Å². The lowest BCUT2D eigenvalue weighted by atomic mass is 10.2. The van der Waals surface area contributed by atoms with Crippen molar-refractivity contribution in [1.29, 1.82) is 0 Å². The molecule has 2 N–H and O–H groups in total. The first kappa shape index (κ1) is 15.1. The van der Waals surface area contributed by atoms with Crippen LogP contribution in [-0.4, -0.2) is 28.5 Å². The molecule has 0 fully saturated rings. The maximum atomic E-state index is 11.9. The van der Waals surface area contributed by atoms with Crippen molar-refractivity contribution in [2.45, 2.75) is 6.92 Å². The van der Waals surface area contributed by atoms with Crippen LogP contribution in [0.2, 0.25) is 0 Å². The second-order valence-electron chi connectivity index (χ2n) is 4.09. The molecular weight excluding hydrogens is 364 g/mol. The van der Waals surface area contributed by atoms with Gasteiger partial charge in [-0.15, -0.1) is 22.7 Å². The molecule has 106 valence electrons. The molecule has 1 atom stereocenters. The minimum absolute atomic E-state index is 0.0889. The summed E-state index contributed by atoms with van der Waals surface area (Å²) in [4.78, 5) is 27.8. The van der Waals surface area contributed by atoms with Gasteiger partial charge in [-0.2, -0.15) is 0 Å². The lowest BCUT2D eigenvalue weighted by Gasteiger charge is -2.06. The molecule has 0 spiro atoms. The maximum Gasteiger partial charge on any atom is 0.308 e. The molecular formula is C12H11BrN2O3S2. The highest BCUT2D eigenvalue weighted by atomic mass is 79.9. The van der Waals surface area contributed by atoms with Crippen LogP contribution in [0.25, 0.3) is 9.88 Å². The van der Waals surface area contributed by atoms with Crippen molar-refractivity contribution in [2.24, 2.45) is 5.92 Å². The summed E-state index contributed by atoms with van der Waals surface area (Å²) in [5, 5.41) is 13.8. The molecule has 1 amide bonds. The van der Waals surface area contributed by atoms with Gasteiger partial charge in [-0.05, 0) is 28.1 Å². The van der Waals surface area contributed by atoms with Gasteiger partial charge in [-0.25, -0.2) is 4.98 Å². The van der Waals surface area contributed by atoms with E-state index in [1.165, 1.54) is 18.3 Å². The van der Waals surface area contributed by atoms with Crippen LogP contribution in [0.15, 0.2) is 21.3 Å². The topological polar surface area (TPSA) is 79.3 Å². The molecule has 2 rings (SSSR count). The standard InChI is InChI=1S/C12H11BrN2O3S2/c1-6(12(17)18)4-14-10(16)7-5-19-11(15-7)8-2-3-9(13)20-8/h2-3,5-6H,4H2,1H3,(H,14,16)(H,17,18).